The summed E-state index contributed by atoms with van der Waals surface area (Å²) in [6.07, 6.45) is 0. The fraction of sp³-hybridized carbons (Fsp3) is 0.133. The molecule has 0 atom stereocenters. The highest BCUT2D eigenvalue weighted by molar-refractivity contribution is 5.89. The van der Waals surface area contributed by atoms with Crippen molar-refractivity contribution in [2.75, 3.05) is 6.61 Å². The lowest BCUT2D eigenvalue weighted by atomic mass is 10.2. The Morgan fingerprint density at radius 2 is 1.55 bits per heavy atom. The van der Waals surface area contributed by atoms with Crippen LogP contribution in [0.5, 0.6) is 0 Å². The summed E-state index contributed by atoms with van der Waals surface area (Å²) in [4.78, 5) is 21.6. The van der Waals surface area contributed by atoms with E-state index in [2.05, 4.69) is 10.2 Å². The largest absolute Gasteiger partial charge is 0.462 e. The lowest BCUT2D eigenvalue weighted by Gasteiger charge is -2.01. The fourth-order valence-corrected chi connectivity index (χ4v) is 1.64. The number of esters is 1. The minimum absolute atomic E-state index is 0.00209. The molecule has 0 saturated carbocycles. The molecule has 0 heterocycles. The molecule has 0 N–H and O–H groups in total. The maximum Gasteiger partial charge on any atom is 0.338 e. The van der Waals surface area contributed by atoms with Gasteiger partial charge in [-0.05, 0) is 43.3 Å². The normalized spacial score (nSPS) is 10.6. The van der Waals surface area contributed by atoms with Gasteiger partial charge in [0.1, 0.15) is 0 Å². The molecule has 7 nitrogen and oxygen atoms in total. The third kappa shape index (κ3) is 3.95. The number of nitrogens with zero attached hydrogens (tertiary/aromatic N) is 3. The van der Waals surface area contributed by atoms with Gasteiger partial charge in [0, 0.05) is 12.1 Å². The Morgan fingerprint density at radius 3 is 2.00 bits per heavy atom. The third-order valence-corrected chi connectivity index (χ3v) is 2.72. The maximum absolute atomic E-state index is 11.5. The lowest BCUT2D eigenvalue weighted by Crippen LogP contribution is -2.03. The number of azo groups is 1. The molecular formula is C15H13N3O4. The van der Waals surface area contributed by atoms with Crippen molar-refractivity contribution in [1.29, 1.82) is 0 Å². The lowest BCUT2D eigenvalue weighted by molar-refractivity contribution is -0.384. The second-order valence-corrected chi connectivity index (χ2v) is 4.24. The van der Waals surface area contributed by atoms with Crippen LogP contribution in [0.15, 0.2) is 58.8 Å². The van der Waals surface area contributed by atoms with Gasteiger partial charge in [-0.2, -0.15) is 10.2 Å². The average molecular weight is 299 g/mol. The first kappa shape index (κ1) is 15.3. The summed E-state index contributed by atoms with van der Waals surface area (Å²) in [7, 11) is 0. The van der Waals surface area contributed by atoms with Gasteiger partial charge < -0.3 is 4.74 Å². The molecule has 0 radical (unpaired) electrons. The average Bonchev–Trinajstić information content (AvgIpc) is 2.54. The van der Waals surface area contributed by atoms with Crippen molar-refractivity contribution in [3.63, 3.8) is 0 Å². The second-order valence-electron chi connectivity index (χ2n) is 4.24. The van der Waals surface area contributed by atoms with Crippen LogP contribution < -0.4 is 0 Å². The summed E-state index contributed by atoms with van der Waals surface area (Å²) in [5.41, 5.74) is 1.50. The number of benzene rings is 2. The number of non-ortho nitro benzene ring substituents is 1. The Kier molecular flexibility index (Phi) is 4.92. The standard InChI is InChI=1S/C15H13N3O4/c1-2-22-15(19)11-3-5-12(6-4-11)16-17-13-7-9-14(10-8-13)18(20)21/h3-10H,2H2,1H3. The highest BCUT2D eigenvalue weighted by atomic mass is 16.6. The molecule has 0 fully saturated rings. The molecule has 0 unspecified atom stereocenters. The number of hydrogen-bond donors (Lipinski definition) is 0. The Bertz CT molecular complexity index is 694. The molecule has 0 spiro atoms. The number of nitro groups is 1. The van der Waals surface area contributed by atoms with Crippen LogP contribution in [-0.2, 0) is 4.74 Å². The van der Waals surface area contributed by atoms with Crippen molar-refractivity contribution in [3.05, 3.63) is 64.2 Å². The second kappa shape index (κ2) is 7.07. The van der Waals surface area contributed by atoms with Crippen LogP contribution in [0, 0.1) is 10.1 Å². The zero-order chi connectivity index (χ0) is 15.9. The fourth-order valence-electron chi connectivity index (χ4n) is 1.64. The molecule has 112 valence electrons. The molecule has 0 aromatic heterocycles. The first-order chi connectivity index (χ1) is 10.6. The van der Waals surface area contributed by atoms with E-state index >= 15 is 0 Å². The van der Waals surface area contributed by atoms with Crippen molar-refractivity contribution in [2.24, 2.45) is 10.2 Å². The van der Waals surface area contributed by atoms with Crippen molar-refractivity contribution >= 4 is 23.0 Å². The minimum Gasteiger partial charge on any atom is -0.462 e. The van der Waals surface area contributed by atoms with Crippen LogP contribution >= 0.6 is 0 Å². The highest BCUT2D eigenvalue weighted by Crippen LogP contribution is 2.21. The Morgan fingerprint density at radius 1 is 1.05 bits per heavy atom. The van der Waals surface area contributed by atoms with Gasteiger partial charge in [-0.25, -0.2) is 4.79 Å². The van der Waals surface area contributed by atoms with Crippen LogP contribution in [0.2, 0.25) is 0 Å². The molecule has 0 bridgehead atoms. The van der Waals surface area contributed by atoms with Crippen molar-refractivity contribution in [2.45, 2.75) is 6.92 Å². The van der Waals surface area contributed by atoms with Gasteiger partial charge in [-0.3, -0.25) is 10.1 Å². The van der Waals surface area contributed by atoms with Crippen LogP contribution in [-0.4, -0.2) is 17.5 Å². The molecule has 22 heavy (non-hydrogen) atoms. The summed E-state index contributed by atoms with van der Waals surface area (Å²) in [5.74, 6) is -0.388. The first-order valence-electron chi connectivity index (χ1n) is 6.53. The molecule has 0 aliphatic rings. The van der Waals surface area contributed by atoms with E-state index in [9.17, 15) is 14.9 Å². The smallest absolute Gasteiger partial charge is 0.338 e. The van der Waals surface area contributed by atoms with E-state index in [4.69, 9.17) is 4.74 Å². The Hall–Kier alpha value is -3.09. The number of hydrogen-bond acceptors (Lipinski definition) is 6. The van der Waals surface area contributed by atoms with E-state index in [0.717, 1.165) is 0 Å². The molecule has 2 rings (SSSR count). The molecule has 2 aromatic carbocycles. The van der Waals surface area contributed by atoms with Gasteiger partial charge in [0.2, 0.25) is 0 Å². The molecule has 0 amide bonds. The van der Waals surface area contributed by atoms with Crippen LogP contribution in [0.1, 0.15) is 17.3 Å². The van der Waals surface area contributed by atoms with Crippen molar-refractivity contribution in [3.8, 4) is 0 Å². The first-order valence-corrected chi connectivity index (χ1v) is 6.53. The Labute approximate surface area is 126 Å². The molecule has 0 saturated heterocycles. The van der Waals surface area contributed by atoms with Gasteiger partial charge in [0.25, 0.3) is 5.69 Å². The van der Waals surface area contributed by atoms with E-state index in [1.165, 1.54) is 24.3 Å². The number of carbonyl (C=O) groups is 1. The van der Waals surface area contributed by atoms with Gasteiger partial charge >= 0.3 is 5.97 Å². The molecular weight excluding hydrogens is 286 g/mol. The van der Waals surface area contributed by atoms with Gasteiger partial charge in [0.05, 0.1) is 28.5 Å². The zero-order valence-corrected chi connectivity index (χ0v) is 11.8. The molecule has 7 heteroatoms. The van der Waals surface area contributed by atoms with Gasteiger partial charge in [-0.15, -0.1) is 0 Å². The van der Waals surface area contributed by atoms with E-state index in [1.54, 1.807) is 31.2 Å². The molecule has 0 aliphatic carbocycles. The minimum atomic E-state index is -0.477. The molecule has 2 aromatic rings. The van der Waals surface area contributed by atoms with E-state index < -0.39 is 4.92 Å². The third-order valence-electron chi connectivity index (χ3n) is 2.72. The van der Waals surface area contributed by atoms with Gasteiger partial charge in [0.15, 0.2) is 0 Å². The predicted octanol–water partition coefficient (Wildman–Crippen LogP) is 4.19. The quantitative estimate of drug-likeness (QED) is 0.358. The highest BCUT2D eigenvalue weighted by Gasteiger charge is 2.05. The van der Waals surface area contributed by atoms with Gasteiger partial charge in [-0.1, -0.05) is 0 Å². The van der Waals surface area contributed by atoms with Crippen LogP contribution in [0.4, 0.5) is 17.1 Å². The maximum atomic E-state index is 11.5. The van der Waals surface area contributed by atoms with E-state index in [0.29, 0.717) is 23.5 Å². The summed E-state index contributed by atoms with van der Waals surface area (Å²) < 4.78 is 4.88. The number of carbonyl (C=O) groups excluding carboxylic acids is 1. The van der Waals surface area contributed by atoms with Crippen molar-refractivity contribution < 1.29 is 14.5 Å². The summed E-state index contributed by atoms with van der Waals surface area (Å²) in [6.45, 7) is 2.06. The summed E-state index contributed by atoms with van der Waals surface area (Å²) in [6, 6.07) is 12.2. The summed E-state index contributed by atoms with van der Waals surface area (Å²) in [5, 5.41) is 18.5. The Balaban J connectivity index is 2.06. The predicted molar refractivity (Wildman–Crippen MR) is 79.7 cm³/mol. The number of ether oxygens (including phenoxy) is 1. The SMILES string of the molecule is CCOC(=O)c1ccc(N=Nc2ccc([N+](=O)[O-])cc2)cc1. The van der Waals surface area contributed by atoms with Crippen LogP contribution in [0.3, 0.4) is 0 Å². The number of nitro benzene ring substituents is 1. The van der Waals surface area contributed by atoms with Crippen LogP contribution in [0.25, 0.3) is 0 Å². The molecule has 0 aliphatic heterocycles. The monoisotopic (exact) mass is 299 g/mol. The van der Waals surface area contributed by atoms with E-state index in [-0.39, 0.29) is 11.7 Å². The topological polar surface area (TPSA) is 94.2 Å². The van der Waals surface area contributed by atoms with E-state index in [1.807, 2.05) is 0 Å². The summed E-state index contributed by atoms with van der Waals surface area (Å²) >= 11 is 0. The zero-order valence-electron chi connectivity index (χ0n) is 11.8. The van der Waals surface area contributed by atoms with Crippen molar-refractivity contribution in [1.82, 2.24) is 0 Å². The number of rotatable bonds is 5.